The predicted octanol–water partition coefficient (Wildman–Crippen LogP) is 5.80. The molecule has 29 heavy (non-hydrogen) atoms. The molecule has 4 rings (SSSR count). The maximum absolute atomic E-state index is 9.26. The van der Waals surface area contributed by atoms with Gasteiger partial charge in [0.2, 0.25) is 0 Å². The second kappa shape index (κ2) is 8.46. The van der Waals surface area contributed by atoms with Gasteiger partial charge in [-0.3, -0.25) is 0 Å². The number of benzene rings is 3. The Kier molecular flexibility index (Phi) is 5.59. The van der Waals surface area contributed by atoms with Crippen LogP contribution in [0.3, 0.4) is 0 Å². The van der Waals surface area contributed by atoms with Crippen LogP contribution in [0.1, 0.15) is 40.8 Å². The number of fused-ring (bicyclic) bond motifs is 1. The third-order valence-electron chi connectivity index (χ3n) is 5.37. The Hall–Kier alpha value is -3.17. The zero-order chi connectivity index (χ0) is 20.2. The molecule has 0 aliphatic heterocycles. The number of nitrogens with zero attached hydrogens (tertiary/aromatic N) is 1. The summed E-state index contributed by atoms with van der Waals surface area (Å²) in [5.74, 6) is 0.907. The molecule has 3 heteroatoms. The zero-order valence-electron chi connectivity index (χ0n) is 16.9. The second-order valence-electron chi connectivity index (χ2n) is 7.61. The molecule has 2 N–H and O–H groups in total. The Morgan fingerprint density at radius 2 is 1.72 bits per heavy atom. The molecule has 1 unspecified atom stereocenters. The predicted molar refractivity (Wildman–Crippen MR) is 120 cm³/mol. The van der Waals surface area contributed by atoms with Crippen molar-refractivity contribution < 1.29 is 5.11 Å². The first-order valence-electron chi connectivity index (χ1n) is 10.0. The molecule has 0 aliphatic carbocycles. The molecule has 0 spiro atoms. The smallest absolute Gasteiger partial charge is 0.134 e. The molecule has 0 bridgehead atoms. The minimum atomic E-state index is 0.0648. The summed E-state index contributed by atoms with van der Waals surface area (Å²) in [7, 11) is 0. The van der Waals surface area contributed by atoms with Crippen molar-refractivity contribution in [2.75, 3.05) is 5.32 Å². The van der Waals surface area contributed by atoms with Crippen LogP contribution in [0.5, 0.6) is 0 Å². The first kappa shape index (κ1) is 19.2. The molecule has 3 nitrogen and oxygen atoms in total. The van der Waals surface area contributed by atoms with Gasteiger partial charge in [0, 0.05) is 17.6 Å². The van der Waals surface area contributed by atoms with E-state index in [0.29, 0.717) is 0 Å². The summed E-state index contributed by atoms with van der Waals surface area (Å²) in [6, 6.07) is 25.3. The molecular formula is C26H26N2O. The van der Waals surface area contributed by atoms with Crippen molar-refractivity contribution in [3.63, 3.8) is 0 Å². The van der Waals surface area contributed by atoms with E-state index in [9.17, 15) is 5.11 Å². The van der Waals surface area contributed by atoms with Crippen molar-refractivity contribution >= 4 is 16.6 Å². The molecule has 0 radical (unpaired) electrons. The lowest BCUT2D eigenvalue weighted by Gasteiger charge is -2.18. The SMILES string of the molecule is Cc1cccc(Cc2cccc3ccnc(NC(C)c4ccc(CO)cc4)c23)c1. The molecule has 0 fully saturated rings. The van der Waals surface area contributed by atoms with Gasteiger partial charge < -0.3 is 10.4 Å². The second-order valence-corrected chi connectivity index (χ2v) is 7.61. The van der Waals surface area contributed by atoms with E-state index in [2.05, 4.69) is 84.8 Å². The molecule has 0 aliphatic rings. The first-order valence-corrected chi connectivity index (χ1v) is 10.0. The summed E-state index contributed by atoms with van der Waals surface area (Å²) in [5.41, 5.74) is 5.94. The van der Waals surface area contributed by atoms with E-state index in [1.165, 1.54) is 27.5 Å². The Bertz CT molecular complexity index is 1110. The largest absolute Gasteiger partial charge is 0.392 e. The van der Waals surface area contributed by atoms with Crippen molar-refractivity contribution in [2.45, 2.75) is 32.9 Å². The third-order valence-corrected chi connectivity index (χ3v) is 5.37. The van der Waals surface area contributed by atoms with E-state index < -0.39 is 0 Å². The minimum absolute atomic E-state index is 0.0648. The molecule has 1 atom stereocenters. The Morgan fingerprint density at radius 3 is 2.48 bits per heavy atom. The fraction of sp³-hybridized carbons (Fsp3) is 0.192. The quantitative estimate of drug-likeness (QED) is 0.443. The zero-order valence-corrected chi connectivity index (χ0v) is 16.9. The monoisotopic (exact) mass is 382 g/mol. The third kappa shape index (κ3) is 4.30. The van der Waals surface area contributed by atoms with Crippen molar-refractivity contribution in [3.8, 4) is 0 Å². The average molecular weight is 383 g/mol. The van der Waals surface area contributed by atoms with Crippen LogP contribution in [0.2, 0.25) is 0 Å². The van der Waals surface area contributed by atoms with Crippen molar-refractivity contribution in [1.82, 2.24) is 4.98 Å². The number of hydrogen-bond acceptors (Lipinski definition) is 3. The van der Waals surface area contributed by atoms with Gasteiger partial charge in [0.15, 0.2) is 0 Å². The van der Waals surface area contributed by atoms with Gasteiger partial charge in [-0.25, -0.2) is 4.98 Å². The van der Waals surface area contributed by atoms with E-state index in [-0.39, 0.29) is 12.6 Å². The van der Waals surface area contributed by atoms with Crippen LogP contribution in [0.4, 0.5) is 5.82 Å². The minimum Gasteiger partial charge on any atom is -0.392 e. The van der Waals surface area contributed by atoms with E-state index in [1.54, 1.807) is 0 Å². The van der Waals surface area contributed by atoms with Gasteiger partial charge in [-0.15, -0.1) is 0 Å². The number of hydrogen-bond donors (Lipinski definition) is 2. The van der Waals surface area contributed by atoms with E-state index in [0.717, 1.165) is 23.4 Å². The summed E-state index contributed by atoms with van der Waals surface area (Å²) < 4.78 is 0. The Balaban J connectivity index is 1.68. The van der Waals surface area contributed by atoms with Crippen LogP contribution in [0.15, 0.2) is 79.0 Å². The summed E-state index contributed by atoms with van der Waals surface area (Å²) in [6.45, 7) is 4.33. The van der Waals surface area contributed by atoms with Crippen molar-refractivity contribution in [1.29, 1.82) is 0 Å². The number of anilines is 1. The number of aliphatic hydroxyl groups excluding tert-OH is 1. The average Bonchev–Trinajstić information content (AvgIpc) is 2.74. The van der Waals surface area contributed by atoms with E-state index in [1.807, 2.05) is 18.3 Å². The van der Waals surface area contributed by atoms with Crippen LogP contribution in [-0.2, 0) is 13.0 Å². The Morgan fingerprint density at radius 1 is 0.931 bits per heavy atom. The fourth-order valence-electron chi connectivity index (χ4n) is 3.80. The highest BCUT2D eigenvalue weighted by Crippen LogP contribution is 2.30. The van der Waals surface area contributed by atoms with Gasteiger partial charge in [0.1, 0.15) is 5.82 Å². The number of aliphatic hydroxyl groups is 1. The highest BCUT2D eigenvalue weighted by molar-refractivity contribution is 5.95. The highest BCUT2D eigenvalue weighted by atomic mass is 16.3. The van der Waals surface area contributed by atoms with Gasteiger partial charge in [-0.2, -0.15) is 0 Å². The molecule has 1 aromatic heterocycles. The van der Waals surface area contributed by atoms with Crippen LogP contribution in [-0.4, -0.2) is 10.1 Å². The van der Waals surface area contributed by atoms with Crippen molar-refractivity contribution in [3.05, 3.63) is 107 Å². The lowest BCUT2D eigenvalue weighted by atomic mass is 9.97. The molecule has 3 aromatic carbocycles. The maximum atomic E-state index is 9.26. The summed E-state index contributed by atoms with van der Waals surface area (Å²) in [5, 5.41) is 15.2. The van der Waals surface area contributed by atoms with E-state index >= 15 is 0 Å². The molecule has 0 saturated heterocycles. The normalized spacial score (nSPS) is 12.1. The highest BCUT2D eigenvalue weighted by Gasteiger charge is 2.12. The standard InChI is InChI=1S/C26H26N2O/c1-18-5-3-6-21(15-18)16-24-8-4-7-23-13-14-27-26(25(23)24)28-19(2)22-11-9-20(17-29)10-12-22/h3-15,19,29H,16-17H2,1-2H3,(H,27,28). The molecule has 0 amide bonds. The van der Waals surface area contributed by atoms with Crippen LogP contribution in [0, 0.1) is 6.92 Å². The van der Waals surface area contributed by atoms with Crippen LogP contribution < -0.4 is 5.32 Å². The molecule has 1 heterocycles. The molecule has 0 saturated carbocycles. The maximum Gasteiger partial charge on any atom is 0.134 e. The molecule has 4 aromatic rings. The number of nitrogens with one attached hydrogen (secondary N) is 1. The van der Waals surface area contributed by atoms with Crippen molar-refractivity contribution in [2.24, 2.45) is 0 Å². The number of aryl methyl sites for hydroxylation is 1. The summed E-state index contributed by atoms with van der Waals surface area (Å²) in [4.78, 5) is 4.67. The van der Waals surface area contributed by atoms with Gasteiger partial charge in [-0.1, -0.05) is 72.3 Å². The van der Waals surface area contributed by atoms with Gasteiger partial charge in [0.25, 0.3) is 0 Å². The van der Waals surface area contributed by atoms with Gasteiger partial charge in [0.05, 0.1) is 6.61 Å². The van der Waals surface area contributed by atoms with E-state index in [4.69, 9.17) is 0 Å². The number of aromatic nitrogens is 1. The van der Waals surface area contributed by atoms with Crippen LogP contribution in [0.25, 0.3) is 10.8 Å². The lowest BCUT2D eigenvalue weighted by Crippen LogP contribution is -2.09. The number of pyridine rings is 1. The summed E-state index contributed by atoms with van der Waals surface area (Å²) in [6.07, 6.45) is 2.74. The lowest BCUT2D eigenvalue weighted by molar-refractivity contribution is 0.282. The fourth-order valence-corrected chi connectivity index (χ4v) is 3.80. The summed E-state index contributed by atoms with van der Waals surface area (Å²) >= 11 is 0. The first-order chi connectivity index (χ1) is 14.1. The topological polar surface area (TPSA) is 45.2 Å². The number of rotatable bonds is 6. The van der Waals surface area contributed by atoms with Crippen LogP contribution >= 0.6 is 0 Å². The van der Waals surface area contributed by atoms with Gasteiger partial charge >= 0.3 is 0 Å². The molecular weight excluding hydrogens is 356 g/mol. The van der Waals surface area contributed by atoms with Gasteiger partial charge in [-0.05, 0) is 54.0 Å². The molecule has 146 valence electrons. The Labute approximate surface area is 172 Å².